The van der Waals surface area contributed by atoms with Gasteiger partial charge in [-0.3, -0.25) is 4.68 Å². The molecule has 0 saturated heterocycles. The lowest BCUT2D eigenvalue weighted by Gasteiger charge is -2.10. The number of nitrogens with one attached hydrogen (secondary N) is 2. The van der Waals surface area contributed by atoms with Gasteiger partial charge < -0.3 is 15.1 Å². The fraction of sp³-hybridized carbons (Fsp3) is 0.562. The van der Waals surface area contributed by atoms with Gasteiger partial charge in [-0.05, 0) is 39.2 Å². The number of aliphatic imine (C=N–C) groups is 1. The Bertz CT molecular complexity index is 623. The molecule has 0 unspecified atom stereocenters. The van der Waals surface area contributed by atoms with E-state index in [1.165, 1.54) is 5.56 Å². The number of hydrogen-bond acceptors (Lipinski definition) is 4. The fourth-order valence-corrected chi connectivity index (χ4v) is 2.20. The van der Waals surface area contributed by atoms with Gasteiger partial charge in [0.25, 0.3) is 0 Å². The van der Waals surface area contributed by atoms with Gasteiger partial charge >= 0.3 is 0 Å². The monoisotopic (exact) mass is 318 g/mol. The topological polar surface area (TPSA) is 80.3 Å². The van der Waals surface area contributed by atoms with E-state index in [4.69, 9.17) is 4.42 Å². The predicted molar refractivity (Wildman–Crippen MR) is 90.3 cm³/mol. The minimum absolute atomic E-state index is 0.437. The molecular formula is C16H26N6O. The van der Waals surface area contributed by atoms with Crippen LogP contribution in [0.3, 0.4) is 0 Å². The standard InChI is InChI=1S/C16H26N6O/c1-5-17-16(19-10-15-21-12(2)13(3)23-15)18-8-6-7-14-9-20-22(4)11-14/h9,11H,5-8,10H2,1-4H3,(H2,17,18,19). The third-order valence-corrected chi connectivity index (χ3v) is 3.48. The van der Waals surface area contributed by atoms with E-state index in [1.807, 2.05) is 44.9 Å². The second-order valence-corrected chi connectivity index (χ2v) is 5.50. The quantitative estimate of drug-likeness (QED) is 0.461. The van der Waals surface area contributed by atoms with Gasteiger partial charge in [-0.1, -0.05) is 0 Å². The van der Waals surface area contributed by atoms with Gasteiger partial charge in [0.05, 0.1) is 11.9 Å². The van der Waals surface area contributed by atoms with E-state index in [1.54, 1.807) is 0 Å². The van der Waals surface area contributed by atoms with Crippen molar-refractivity contribution in [1.29, 1.82) is 0 Å². The Morgan fingerprint density at radius 1 is 1.35 bits per heavy atom. The van der Waals surface area contributed by atoms with Gasteiger partial charge in [0.2, 0.25) is 5.89 Å². The van der Waals surface area contributed by atoms with E-state index in [0.29, 0.717) is 12.4 Å². The molecule has 0 saturated carbocycles. The summed E-state index contributed by atoms with van der Waals surface area (Å²) in [5.41, 5.74) is 2.17. The molecule has 0 radical (unpaired) electrons. The second-order valence-electron chi connectivity index (χ2n) is 5.50. The highest BCUT2D eigenvalue weighted by Gasteiger charge is 2.05. The maximum Gasteiger partial charge on any atom is 0.216 e. The smallest absolute Gasteiger partial charge is 0.216 e. The zero-order valence-electron chi connectivity index (χ0n) is 14.4. The first-order valence-corrected chi connectivity index (χ1v) is 8.01. The maximum atomic E-state index is 5.55. The van der Waals surface area contributed by atoms with Crippen LogP contribution >= 0.6 is 0 Å². The number of hydrogen-bond donors (Lipinski definition) is 2. The van der Waals surface area contributed by atoms with Crippen LogP contribution in [0.25, 0.3) is 0 Å². The Hall–Kier alpha value is -2.31. The first-order chi connectivity index (χ1) is 11.1. The number of guanidine groups is 1. The molecule has 0 amide bonds. The van der Waals surface area contributed by atoms with E-state index in [-0.39, 0.29) is 0 Å². The Labute approximate surface area is 137 Å². The van der Waals surface area contributed by atoms with Crippen LogP contribution in [0.4, 0.5) is 0 Å². The Morgan fingerprint density at radius 2 is 2.17 bits per heavy atom. The molecule has 0 fully saturated rings. The van der Waals surface area contributed by atoms with Crippen molar-refractivity contribution < 1.29 is 4.42 Å². The van der Waals surface area contributed by atoms with Gasteiger partial charge in [0.15, 0.2) is 5.96 Å². The van der Waals surface area contributed by atoms with Crippen LogP contribution in [0.5, 0.6) is 0 Å². The molecule has 2 rings (SSSR count). The Kier molecular flexibility index (Phi) is 6.19. The van der Waals surface area contributed by atoms with Gasteiger partial charge in [-0.2, -0.15) is 5.10 Å². The van der Waals surface area contributed by atoms with Crippen molar-refractivity contribution in [1.82, 2.24) is 25.4 Å². The summed E-state index contributed by atoms with van der Waals surface area (Å²) >= 11 is 0. The molecule has 0 aliphatic carbocycles. The van der Waals surface area contributed by atoms with Gasteiger partial charge in [0, 0.05) is 26.3 Å². The van der Waals surface area contributed by atoms with Crippen molar-refractivity contribution >= 4 is 5.96 Å². The number of aryl methyl sites for hydroxylation is 4. The largest absolute Gasteiger partial charge is 0.444 e. The van der Waals surface area contributed by atoms with Gasteiger partial charge in [0.1, 0.15) is 12.3 Å². The van der Waals surface area contributed by atoms with Crippen LogP contribution in [0.15, 0.2) is 21.8 Å². The highest BCUT2D eigenvalue weighted by Crippen LogP contribution is 2.08. The average molecular weight is 318 g/mol. The first-order valence-electron chi connectivity index (χ1n) is 8.01. The molecule has 0 aliphatic rings. The summed E-state index contributed by atoms with van der Waals surface area (Å²) in [5, 5.41) is 10.7. The second kappa shape index (κ2) is 8.36. The van der Waals surface area contributed by atoms with E-state index in [0.717, 1.165) is 43.3 Å². The summed E-state index contributed by atoms with van der Waals surface area (Å²) in [5.74, 6) is 2.28. The van der Waals surface area contributed by atoms with Gasteiger partial charge in [-0.25, -0.2) is 9.98 Å². The normalized spacial score (nSPS) is 11.7. The summed E-state index contributed by atoms with van der Waals surface area (Å²) in [6, 6.07) is 0. The molecule has 126 valence electrons. The summed E-state index contributed by atoms with van der Waals surface area (Å²) in [7, 11) is 1.93. The molecule has 0 atom stereocenters. The predicted octanol–water partition coefficient (Wildman–Crippen LogP) is 1.71. The molecule has 0 aromatic carbocycles. The SMILES string of the molecule is CCNC(=NCc1nc(C)c(C)o1)NCCCc1cnn(C)c1. The molecule has 7 heteroatoms. The Morgan fingerprint density at radius 3 is 2.78 bits per heavy atom. The van der Waals surface area contributed by atoms with Crippen molar-refractivity contribution in [3.63, 3.8) is 0 Å². The summed E-state index contributed by atoms with van der Waals surface area (Å²) in [6.07, 6.45) is 5.98. The lowest BCUT2D eigenvalue weighted by Crippen LogP contribution is -2.37. The molecule has 23 heavy (non-hydrogen) atoms. The maximum absolute atomic E-state index is 5.55. The van der Waals surface area contributed by atoms with Crippen LogP contribution in [-0.2, 0) is 20.0 Å². The lowest BCUT2D eigenvalue weighted by molar-refractivity contribution is 0.473. The molecule has 0 spiro atoms. The minimum atomic E-state index is 0.437. The third-order valence-electron chi connectivity index (χ3n) is 3.48. The summed E-state index contributed by atoms with van der Waals surface area (Å²) in [4.78, 5) is 8.85. The van der Waals surface area contributed by atoms with Gasteiger partial charge in [-0.15, -0.1) is 0 Å². The van der Waals surface area contributed by atoms with Crippen LogP contribution in [0, 0.1) is 13.8 Å². The van der Waals surface area contributed by atoms with Crippen molar-refractivity contribution in [2.75, 3.05) is 13.1 Å². The number of nitrogens with zero attached hydrogens (tertiary/aromatic N) is 4. The molecular weight excluding hydrogens is 292 g/mol. The van der Waals surface area contributed by atoms with E-state index in [2.05, 4.69) is 25.7 Å². The molecule has 0 bridgehead atoms. The molecule has 2 N–H and O–H groups in total. The minimum Gasteiger partial charge on any atom is -0.444 e. The molecule has 2 heterocycles. The zero-order chi connectivity index (χ0) is 16.7. The highest BCUT2D eigenvalue weighted by molar-refractivity contribution is 5.79. The van der Waals surface area contributed by atoms with E-state index in [9.17, 15) is 0 Å². The van der Waals surface area contributed by atoms with E-state index < -0.39 is 0 Å². The number of oxazole rings is 1. The Balaban J connectivity index is 1.79. The van der Waals surface area contributed by atoms with Crippen LogP contribution in [0.2, 0.25) is 0 Å². The molecule has 2 aromatic heterocycles. The number of aromatic nitrogens is 3. The van der Waals surface area contributed by atoms with Crippen LogP contribution < -0.4 is 10.6 Å². The third kappa shape index (κ3) is 5.43. The van der Waals surface area contributed by atoms with E-state index >= 15 is 0 Å². The fourth-order valence-electron chi connectivity index (χ4n) is 2.20. The molecule has 2 aromatic rings. The molecule has 0 aliphatic heterocycles. The van der Waals surface area contributed by atoms with Crippen LogP contribution in [0.1, 0.15) is 36.3 Å². The summed E-state index contributed by atoms with van der Waals surface area (Å²) in [6.45, 7) is 8.01. The lowest BCUT2D eigenvalue weighted by atomic mass is 10.2. The van der Waals surface area contributed by atoms with Crippen LogP contribution in [-0.4, -0.2) is 33.8 Å². The number of rotatable bonds is 7. The first kappa shape index (κ1) is 17.1. The van der Waals surface area contributed by atoms with Crippen molar-refractivity contribution in [2.24, 2.45) is 12.0 Å². The van der Waals surface area contributed by atoms with Crippen molar-refractivity contribution in [3.8, 4) is 0 Å². The highest BCUT2D eigenvalue weighted by atomic mass is 16.4. The zero-order valence-corrected chi connectivity index (χ0v) is 14.4. The molecule has 7 nitrogen and oxygen atoms in total. The van der Waals surface area contributed by atoms with Crippen molar-refractivity contribution in [3.05, 3.63) is 35.3 Å². The average Bonchev–Trinajstić information content (AvgIpc) is 3.07. The van der Waals surface area contributed by atoms with Crippen molar-refractivity contribution in [2.45, 2.75) is 40.2 Å². The summed E-state index contributed by atoms with van der Waals surface area (Å²) < 4.78 is 7.37.